The zero-order chi connectivity index (χ0) is 14.5. The SMILES string of the molecule is CCNCc1cc(CN(C)Cc2csc(Br)c2)oc1C. The molecule has 2 heterocycles. The van der Waals surface area contributed by atoms with Crippen molar-refractivity contribution in [2.75, 3.05) is 13.6 Å². The summed E-state index contributed by atoms with van der Waals surface area (Å²) in [6.45, 7) is 7.78. The van der Waals surface area contributed by atoms with Gasteiger partial charge in [-0.05, 0) is 59.5 Å². The van der Waals surface area contributed by atoms with E-state index in [9.17, 15) is 0 Å². The van der Waals surface area contributed by atoms with E-state index in [0.29, 0.717) is 0 Å². The maximum absolute atomic E-state index is 5.84. The molecule has 2 rings (SSSR count). The highest BCUT2D eigenvalue weighted by Gasteiger charge is 2.10. The Hall–Kier alpha value is -0.620. The Bertz CT molecular complexity index is 550. The molecule has 0 radical (unpaired) electrons. The lowest BCUT2D eigenvalue weighted by Crippen LogP contribution is -2.16. The Labute approximate surface area is 133 Å². The van der Waals surface area contributed by atoms with Crippen LogP contribution in [-0.4, -0.2) is 18.5 Å². The first-order chi connectivity index (χ1) is 9.58. The summed E-state index contributed by atoms with van der Waals surface area (Å²) < 4.78 is 7.02. The zero-order valence-electron chi connectivity index (χ0n) is 12.2. The van der Waals surface area contributed by atoms with E-state index in [-0.39, 0.29) is 0 Å². The van der Waals surface area contributed by atoms with Crippen LogP contribution in [-0.2, 0) is 19.6 Å². The molecule has 0 bridgehead atoms. The minimum Gasteiger partial charge on any atom is -0.465 e. The average Bonchev–Trinajstić information content (AvgIpc) is 2.93. The number of aryl methyl sites for hydroxylation is 1. The lowest BCUT2D eigenvalue weighted by atomic mass is 10.2. The van der Waals surface area contributed by atoms with Gasteiger partial charge < -0.3 is 9.73 Å². The predicted molar refractivity (Wildman–Crippen MR) is 88.0 cm³/mol. The number of hydrogen-bond acceptors (Lipinski definition) is 4. The zero-order valence-corrected chi connectivity index (χ0v) is 14.6. The first kappa shape index (κ1) is 15.8. The average molecular weight is 357 g/mol. The minimum absolute atomic E-state index is 0.834. The summed E-state index contributed by atoms with van der Waals surface area (Å²) in [4.78, 5) is 2.27. The highest BCUT2D eigenvalue weighted by atomic mass is 79.9. The number of rotatable bonds is 7. The number of nitrogens with zero attached hydrogens (tertiary/aromatic N) is 1. The third-order valence-corrected chi connectivity index (χ3v) is 4.69. The molecule has 5 heteroatoms. The van der Waals surface area contributed by atoms with Gasteiger partial charge in [0.1, 0.15) is 11.5 Å². The monoisotopic (exact) mass is 356 g/mol. The van der Waals surface area contributed by atoms with Gasteiger partial charge in [-0.25, -0.2) is 0 Å². The molecule has 20 heavy (non-hydrogen) atoms. The van der Waals surface area contributed by atoms with Gasteiger partial charge in [0.05, 0.1) is 10.3 Å². The minimum atomic E-state index is 0.834. The van der Waals surface area contributed by atoms with Gasteiger partial charge in [-0.1, -0.05) is 6.92 Å². The van der Waals surface area contributed by atoms with Gasteiger partial charge in [0, 0.05) is 18.7 Å². The predicted octanol–water partition coefficient (Wildman–Crippen LogP) is 4.15. The second kappa shape index (κ2) is 7.41. The van der Waals surface area contributed by atoms with Crippen LogP contribution in [0.1, 0.15) is 29.6 Å². The normalized spacial score (nSPS) is 11.4. The summed E-state index contributed by atoms with van der Waals surface area (Å²) in [5.41, 5.74) is 2.59. The molecule has 0 amide bonds. The van der Waals surface area contributed by atoms with Crippen molar-refractivity contribution in [2.24, 2.45) is 0 Å². The van der Waals surface area contributed by atoms with Crippen LogP contribution in [0.5, 0.6) is 0 Å². The largest absolute Gasteiger partial charge is 0.465 e. The van der Waals surface area contributed by atoms with Crippen molar-refractivity contribution < 1.29 is 4.42 Å². The summed E-state index contributed by atoms with van der Waals surface area (Å²) in [5, 5.41) is 5.52. The number of halogens is 1. The van der Waals surface area contributed by atoms with E-state index < -0.39 is 0 Å². The fraction of sp³-hybridized carbons (Fsp3) is 0.467. The van der Waals surface area contributed by atoms with Crippen LogP contribution in [0.3, 0.4) is 0 Å². The standard InChI is InChI=1S/C15H21BrN2OS/c1-4-17-7-13-6-14(19-11(13)2)9-18(3)8-12-5-15(16)20-10-12/h5-6,10,17H,4,7-9H2,1-3H3. The van der Waals surface area contributed by atoms with Gasteiger partial charge in [0.2, 0.25) is 0 Å². The van der Waals surface area contributed by atoms with Crippen molar-refractivity contribution in [2.45, 2.75) is 33.5 Å². The molecule has 0 spiro atoms. The van der Waals surface area contributed by atoms with Crippen LogP contribution in [0.25, 0.3) is 0 Å². The Kier molecular flexibility index (Phi) is 5.84. The summed E-state index contributed by atoms with van der Waals surface area (Å²) >= 11 is 5.23. The van der Waals surface area contributed by atoms with Gasteiger partial charge in [-0.2, -0.15) is 0 Å². The molecule has 0 unspecified atom stereocenters. The van der Waals surface area contributed by atoms with Crippen LogP contribution < -0.4 is 5.32 Å². The molecule has 0 aromatic carbocycles. The molecule has 2 aromatic heterocycles. The lowest BCUT2D eigenvalue weighted by molar-refractivity contribution is 0.285. The first-order valence-corrected chi connectivity index (χ1v) is 8.46. The van der Waals surface area contributed by atoms with E-state index in [4.69, 9.17) is 4.42 Å². The van der Waals surface area contributed by atoms with E-state index in [2.05, 4.69) is 57.6 Å². The van der Waals surface area contributed by atoms with E-state index >= 15 is 0 Å². The number of furan rings is 1. The fourth-order valence-electron chi connectivity index (χ4n) is 2.16. The summed E-state index contributed by atoms with van der Waals surface area (Å²) in [7, 11) is 2.12. The Morgan fingerprint density at radius 2 is 2.15 bits per heavy atom. The van der Waals surface area contributed by atoms with Crippen molar-refractivity contribution >= 4 is 27.3 Å². The lowest BCUT2D eigenvalue weighted by Gasteiger charge is -2.13. The van der Waals surface area contributed by atoms with Crippen LogP contribution >= 0.6 is 27.3 Å². The Morgan fingerprint density at radius 3 is 2.80 bits per heavy atom. The van der Waals surface area contributed by atoms with Crippen molar-refractivity contribution in [3.05, 3.63) is 43.9 Å². The molecule has 0 saturated carbocycles. The molecule has 0 aliphatic heterocycles. The maximum Gasteiger partial charge on any atom is 0.118 e. The van der Waals surface area contributed by atoms with Crippen molar-refractivity contribution in [3.63, 3.8) is 0 Å². The fourth-order valence-corrected chi connectivity index (χ4v) is 3.36. The molecule has 0 aliphatic rings. The molecular weight excluding hydrogens is 336 g/mol. The van der Waals surface area contributed by atoms with Crippen molar-refractivity contribution in [3.8, 4) is 0 Å². The van der Waals surface area contributed by atoms with Crippen LogP contribution in [0.4, 0.5) is 0 Å². The maximum atomic E-state index is 5.84. The smallest absolute Gasteiger partial charge is 0.118 e. The summed E-state index contributed by atoms with van der Waals surface area (Å²) in [6, 6.07) is 4.34. The van der Waals surface area contributed by atoms with Gasteiger partial charge in [-0.3, -0.25) is 4.90 Å². The molecular formula is C15H21BrN2OS. The molecule has 0 fully saturated rings. The van der Waals surface area contributed by atoms with E-state index in [1.807, 2.05) is 6.92 Å². The molecule has 110 valence electrons. The van der Waals surface area contributed by atoms with Crippen LogP contribution in [0.2, 0.25) is 0 Å². The Morgan fingerprint density at radius 1 is 1.35 bits per heavy atom. The third kappa shape index (κ3) is 4.45. The quantitative estimate of drug-likeness (QED) is 0.807. The second-order valence-electron chi connectivity index (χ2n) is 5.01. The number of thiophene rings is 1. The highest BCUT2D eigenvalue weighted by molar-refractivity contribution is 9.11. The third-order valence-electron chi connectivity index (χ3n) is 3.14. The second-order valence-corrected chi connectivity index (χ2v) is 7.30. The molecule has 2 aromatic rings. The van der Waals surface area contributed by atoms with Gasteiger partial charge in [0.25, 0.3) is 0 Å². The number of nitrogens with one attached hydrogen (secondary N) is 1. The van der Waals surface area contributed by atoms with E-state index in [1.165, 1.54) is 14.9 Å². The molecule has 0 saturated heterocycles. The van der Waals surface area contributed by atoms with Gasteiger partial charge in [-0.15, -0.1) is 11.3 Å². The van der Waals surface area contributed by atoms with Crippen LogP contribution in [0.15, 0.2) is 25.7 Å². The first-order valence-electron chi connectivity index (χ1n) is 6.78. The Balaban J connectivity index is 1.92. The molecule has 0 atom stereocenters. The highest BCUT2D eigenvalue weighted by Crippen LogP contribution is 2.22. The molecule has 1 N–H and O–H groups in total. The number of hydrogen-bond donors (Lipinski definition) is 1. The van der Waals surface area contributed by atoms with Crippen molar-refractivity contribution in [1.82, 2.24) is 10.2 Å². The topological polar surface area (TPSA) is 28.4 Å². The summed E-state index contributed by atoms with van der Waals surface area (Å²) in [5.74, 6) is 2.06. The van der Waals surface area contributed by atoms with Gasteiger partial charge >= 0.3 is 0 Å². The van der Waals surface area contributed by atoms with Crippen molar-refractivity contribution in [1.29, 1.82) is 0 Å². The van der Waals surface area contributed by atoms with E-state index in [1.54, 1.807) is 11.3 Å². The molecule has 0 aliphatic carbocycles. The molecule has 3 nitrogen and oxygen atoms in total. The van der Waals surface area contributed by atoms with Gasteiger partial charge in [0.15, 0.2) is 0 Å². The summed E-state index contributed by atoms with van der Waals surface area (Å²) in [6.07, 6.45) is 0. The van der Waals surface area contributed by atoms with E-state index in [0.717, 1.165) is 37.7 Å². The van der Waals surface area contributed by atoms with Crippen LogP contribution in [0, 0.1) is 6.92 Å².